The summed E-state index contributed by atoms with van der Waals surface area (Å²) in [4.78, 5) is 26.7. The molecule has 0 aromatic heterocycles. The van der Waals surface area contributed by atoms with Crippen LogP contribution >= 0.6 is 11.6 Å². The van der Waals surface area contributed by atoms with Crippen molar-refractivity contribution < 1.29 is 22.4 Å². The molecule has 34 heavy (non-hydrogen) atoms. The Bertz CT molecular complexity index is 1150. The van der Waals surface area contributed by atoms with Gasteiger partial charge in [0.1, 0.15) is 5.82 Å². The largest absolute Gasteiger partial charge is 0.319 e. The highest BCUT2D eigenvalue weighted by atomic mass is 35.5. The molecule has 1 amide bonds. The Labute approximate surface area is 205 Å². The smallest absolute Gasteiger partial charge is 0.245 e. The van der Waals surface area contributed by atoms with E-state index in [0.29, 0.717) is 17.0 Å². The minimum absolute atomic E-state index is 0.00289. The Balaban J connectivity index is 1.95. The van der Waals surface area contributed by atoms with Crippen molar-refractivity contribution in [3.63, 3.8) is 0 Å². The normalized spacial score (nSPS) is 17.4. The van der Waals surface area contributed by atoms with Crippen LogP contribution in [0.25, 0.3) is 0 Å². The molecule has 3 rings (SSSR count). The molecule has 2 N–H and O–H groups in total. The molecule has 2 aromatic rings. The molecule has 184 valence electrons. The number of sulfone groups is 1. The van der Waals surface area contributed by atoms with E-state index in [4.69, 9.17) is 17.3 Å². The number of rotatable bonds is 10. The number of nitrogens with two attached hydrogens (primary N) is 1. The van der Waals surface area contributed by atoms with Gasteiger partial charge in [0.05, 0.1) is 34.5 Å². The van der Waals surface area contributed by atoms with Gasteiger partial charge in [-0.15, -0.1) is 0 Å². The van der Waals surface area contributed by atoms with Crippen LogP contribution < -0.4 is 10.6 Å². The Hall–Kier alpha value is -2.29. The molecule has 6 nitrogen and oxygen atoms in total. The van der Waals surface area contributed by atoms with Crippen LogP contribution in [0.4, 0.5) is 10.1 Å². The van der Waals surface area contributed by atoms with Crippen molar-refractivity contribution in [2.24, 2.45) is 5.73 Å². The van der Waals surface area contributed by atoms with E-state index in [2.05, 4.69) is 6.92 Å². The topological polar surface area (TPSA) is 97.5 Å². The number of ketones is 1. The molecule has 2 aromatic carbocycles. The lowest BCUT2D eigenvalue weighted by atomic mass is 10.0. The first kappa shape index (κ1) is 26.3. The summed E-state index contributed by atoms with van der Waals surface area (Å²) in [7, 11) is -4.05. The molecule has 1 heterocycles. The second kappa shape index (κ2) is 11.4. The van der Waals surface area contributed by atoms with Gasteiger partial charge in [-0.3, -0.25) is 9.59 Å². The van der Waals surface area contributed by atoms with E-state index < -0.39 is 39.1 Å². The lowest BCUT2D eigenvalue weighted by Gasteiger charge is -2.25. The van der Waals surface area contributed by atoms with Gasteiger partial charge in [0, 0.05) is 11.4 Å². The monoisotopic (exact) mass is 508 g/mol. The van der Waals surface area contributed by atoms with Crippen molar-refractivity contribution in [1.82, 2.24) is 0 Å². The van der Waals surface area contributed by atoms with Crippen LogP contribution in [0.2, 0.25) is 5.02 Å². The van der Waals surface area contributed by atoms with Crippen LogP contribution in [0.5, 0.6) is 0 Å². The first-order chi connectivity index (χ1) is 16.1. The Morgan fingerprint density at radius 2 is 1.76 bits per heavy atom. The van der Waals surface area contributed by atoms with Gasteiger partial charge in [0.2, 0.25) is 5.91 Å². The fraction of sp³-hybridized carbons (Fsp3) is 0.440. The number of benzene rings is 2. The molecule has 0 bridgehead atoms. The Kier molecular flexibility index (Phi) is 8.84. The molecule has 1 aliphatic rings. The Morgan fingerprint density at radius 1 is 1.12 bits per heavy atom. The predicted molar refractivity (Wildman–Crippen MR) is 131 cm³/mol. The fourth-order valence-corrected chi connectivity index (χ4v) is 5.76. The average molecular weight is 509 g/mol. The number of Topliss-reactive ketones (excluding diaryl/α,β-unsaturated/α-hetero) is 1. The summed E-state index contributed by atoms with van der Waals surface area (Å²) in [5, 5.41) is 0.510. The van der Waals surface area contributed by atoms with Crippen LogP contribution in [-0.4, -0.2) is 31.9 Å². The van der Waals surface area contributed by atoms with E-state index in [9.17, 15) is 22.4 Å². The molecule has 0 unspecified atom stereocenters. The van der Waals surface area contributed by atoms with E-state index >= 15 is 0 Å². The molecule has 0 fully saturated rings. The third kappa shape index (κ3) is 6.23. The number of carbonyl (C=O) groups excluding carboxylic acids is 2. The van der Waals surface area contributed by atoms with Crippen LogP contribution in [0.1, 0.15) is 67.8 Å². The predicted octanol–water partition coefficient (Wildman–Crippen LogP) is 5.06. The maximum Gasteiger partial charge on any atom is 0.245 e. The van der Waals surface area contributed by atoms with Crippen LogP contribution in [0, 0.1) is 5.82 Å². The third-order valence-electron chi connectivity index (χ3n) is 5.97. The van der Waals surface area contributed by atoms with Gasteiger partial charge < -0.3 is 10.6 Å². The third-order valence-corrected chi connectivity index (χ3v) is 8.02. The molecule has 1 aliphatic heterocycles. The summed E-state index contributed by atoms with van der Waals surface area (Å²) in [6.45, 7) is 2.13. The summed E-state index contributed by atoms with van der Waals surface area (Å²) in [5.41, 5.74) is 6.34. The van der Waals surface area contributed by atoms with Crippen molar-refractivity contribution in [1.29, 1.82) is 0 Å². The highest BCUT2D eigenvalue weighted by Gasteiger charge is 2.37. The summed E-state index contributed by atoms with van der Waals surface area (Å²) < 4.78 is 40.7. The minimum Gasteiger partial charge on any atom is -0.319 e. The standard InChI is InChI=1S/C25H30ClFN2O4S/c1-2-3-4-5-6-7-8-23(30)19-13-22-24(14-20(19)27)34(32,33)16-21(28)25(31)29(22)15-17-9-11-18(26)12-10-17/h9-14,21H,2-8,15-16,28H2,1H3/t21-/m0/s1. The van der Waals surface area contributed by atoms with Crippen molar-refractivity contribution in [3.8, 4) is 0 Å². The second-order valence-electron chi connectivity index (χ2n) is 8.68. The number of halogens is 2. The molecule has 0 radical (unpaired) electrons. The molecule has 1 atom stereocenters. The number of unbranched alkanes of at least 4 members (excludes halogenated alkanes) is 5. The summed E-state index contributed by atoms with van der Waals surface area (Å²) in [6, 6.07) is 7.43. The lowest BCUT2D eigenvalue weighted by molar-refractivity contribution is -0.119. The van der Waals surface area contributed by atoms with Gasteiger partial charge in [-0.2, -0.15) is 0 Å². The number of carbonyl (C=O) groups is 2. The zero-order valence-electron chi connectivity index (χ0n) is 19.2. The molecule has 0 aliphatic carbocycles. The lowest BCUT2D eigenvalue weighted by Crippen LogP contribution is -2.45. The highest BCUT2D eigenvalue weighted by Crippen LogP contribution is 2.34. The first-order valence-corrected chi connectivity index (χ1v) is 13.6. The molecular formula is C25H30ClFN2O4S. The highest BCUT2D eigenvalue weighted by molar-refractivity contribution is 7.91. The summed E-state index contributed by atoms with van der Waals surface area (Å²) in [6.07, 6.45) is 6.00. The second-order valence-corrected chi connectivity index (χ2v) is 11.1. The number of hydrogen-bond acceptors (Lipinski definition) is 5. The van der Waals surface area contributed by atoms with Gasteiger partial charge in [0.15, 0.2) is 15.6 Å². The van der Waals surface area contributed by atoms with Gasteiger partial charge >= 0.3 is 0 Å². The molecule has 0 saturated carbocycles. The summed E-state index contributed by atoms with van der Waals surface area (Å²) >= 11 is 5.94. The van der Waals surface area contributed by atoms with Gasteiger partial charge in [-0.25, -0.2) is 12.8 Å². The molecule has 9 heteroatoms. The minimum atomic E-state index is -4.05. The Morgan fingerprint density at radius 3 is 2.44 bits per heavy atom. The maximum absolute atomic E-state index is 14.9. The number of nitrogens with zero attached hydrogens (tertiary/aromatic N) is 1. The van der Waals surface area contributed by atoms with Crippen molar-refractivity contribution in [3.05, 3.63) is 58.4 Å². The quantitative estimate of drug-likeness (QED) is 0.357. The van der Waals surface area contributed by atoms with E-state index in [1.807, 2.05) is 0 Å². The van der Waals surface area contributed by atoms with E-state index in [0.717, 1.165) is 38.2 Å². The number of amides is 1. The number of hydrogen-bond donors (Lipinski definition) is 1. The van der Waals surface area contributed by atoms with Crippen molar-refractivity contribution in [2.45, 2.75) is 69.4 Å². The maximum atomic E-state index is 14.9. The van der Waals surface area contributed by atoms with Gasteiger partial charge in [0.25, 0.3) is 0 Å². The van der Waals surface area contributed by atoms with Crippen LogP contribution in [0.15, 0.2) is 41.3 Å². The van der Waals surface area contributed by atoms with Gasteiger partial charge in [-0.05, 0) is 36.2 Å². The van der Waals surface area contributed by atoms with Crippen molar-refractivity contribution in [2.75, 3.05) is 10.7 Å². The average Bonchev–Trinajstić information content (AvgIpc) is 2.85. The van der Waals surface area contributed by atoms with Gasteiger partial charge in [-0.1, -0.05) is 62.8 Å². The number of anilines is 1. The summed E-state index contributed by atoms with van der Waals surface area (Å²) in [5.74, 6) is -2.58. The number of fused-ring (bicyclic) bond motifs is 1. The van der Waals surface area contributed by atoms with Crippen LogP contribution in [0.3, 0.4) is 0 Å². The van der Waals surface area contributed by atoms with E-state index in [1.54, 1.807) is 24.3 Å². The zero-order valence-corrected chi connectivity index (χ0v) is 20.8. The fourth-order valence-electron chi connectivity index (χ4n) is 4.07. The molecule has 0 spiro atoms. The SMILES string of the molecule is CCCCCCCCC(=O)c1cc2c(cc1F)S(=O)(=O)C[C@H](N)C(=O)N2Cc1ccc(Cl)cc1. The molecular weight excluding hydrogens is 479 g/mol. The first-order valence-electron chi connectivity index (χ1n) is 11.5. The zero-order chi connectivity index (χ0) is 24.9. The van der Waals surface area contributed by atoms with Crippen molar-refractivity contribution >= 4 is 38.8 Å². The van der Waals surface area contributed by atoms with E-state index in [-0.39, 0.29) is 29.1 Å². The van der Waals surface area contributed by atoms with Crippen LogP contribution in [-0.2, 0) is 21.2 Å². The molecule has 0 saturated heterocycles. The van der Waals surface area contributed by atoms with E-state index in [1.165, 1.54) is 11.0 Å².